The van der Waals surface area contributed by atoms with Gasteiger partial charge in [-0.05, 0) is 49.8 Å². The first-order valence-corrected chi connectivity index (χ1v) is 10.0. The van der Waals surface area contributed by atoms with Crippen LogP contribution in [0.3, 0.4) is 0 Å². The average molecular weight is 359 g/mol. The van der Waals surface area contributed by atoms with E-state index in [2.05, 4.69) is 45.6 Å². The van der Waals surface area contributed by atoms with Crippen LogP contribution in [0.2, 0.25) is 0 Å². The van der Waals surface area contributed by atoms with Crippen LogP contribution >= 0.6 is 0 Å². The Labute approximate surface area is 158 Å². The molecule has 0 amide bonds. The molecule has 26 heavy (non-hydrogen) atoms. The number of rotatable bonds is 6. The fourth-order valence-electron chi connectivity index (χ4n) is 4.24. The highest BCUT2D eigenvalue weighted by Crippen LogP contribution is 2.26. The molecule has 1 unspecified atom stereocenters. The van der Waals surface area contributed by atoms with Gasteiger partial charge in [-0.1, -0.05) is 25.0 Å². The lowest BCUT2D eigenvalue weighted by atomic mass is 10.1. The van der Waals surface area contributed by atoms with Crippen LogP contribution in [0.15, 0.2) is 23.2 Å². The molecular weight excluding hydrogens is 324 g/mol. The summed E-state index contributed by atoms with van der Waals surface area (Å²) in [5.41, 5.74) is 2.46. The lowest BCUT2D eigenvalue weighted by Gasteiger charge is -2.24. The number of nitrogens with zero attached hydrogens (tertiary/aromatic N) is 2. The van der Waals surface area contributed by atoms with Crippen LogP contribution in [-0.2, 0) is 6.42 Å². The number of aryl methyl sites for hydroxylation is 1. The number of nitrogens with one attached hydrogen (secondary N) is 2. The minimum Gasteiger partial charge on any atom is -0.496 e. The topological polar surface area (TPSA) is 48.9 Å². The van der Waals surface area contributed by atoms with Crippen LogP contribution in [0.25, 0.3) is 0 Å². The Morgan fingerprint density at radius 1 is 1.27 bits per heavy atom. The summed E-state index contributed by atoms with van der Waals surface area (Å²) < 4.78 is 5.41. The summed E-state index contributed by atoms with van der Waals surface area (Å²) in [6.45, 7) is 5.32. The molecule has 0 aromatic heterocycles. The number of guanidine groups is 1. The van der Waals surface area contributed by atoms with Crippen LogP contribution in [0.5, 0.6) is 5.75 Å². The number of hydrogen-bond donors (Lipinski definition) is 2. The molecule has 1 heterocycles. The first-order chi connectivity index (χ1) is 12.7. The number of hydrogen-bond acceptors (Lipinski definition) is 3. The zero-order valence-corrected chi connectivity index (χ0v) is 16.6. The molecule has 0 radical (unpaired) electrons. The number of methoxy groups -OCH3 is 1. The molecule has 5 nitrogen and oxygen atoms in total. The first kappa shape index (κ1) is 19.0. The van der Waals surface area contributed by atoms with Gasteiger partial charge in [-0.15, -0.1) is 0 Å². The smallest absolute Gasteiger partial charge is 0.191 e. The van der Waals surface area contributed by atoms with Crippen LogP contribution in [-0.4, -0.2) is 56.7 Å². The Balaban J connectivity index is 1.42. The predicted molar refractivity (Wildman–Crippen MR) is 108 cm³/mol. The second-order valence-corrected chi connectivity index (χ2v) is 7.62. The van der Waals surface area contributed by atoms with Gasteiger partial charge in [0.15, 0.2) is 5.96 Å². The second-order valence-electron chi connectivity index (χ2n) is 7.62. The van der Waals surface area contributed by atoms with Gasteiger partial charge in [-0.2, -0.15) is 0 Å². The van der Waals surface area contributed by atoms with Crippen molar-refractivity contribution in [3.8, 4) is 5.75 Å². The van der Waals surface area contributed by atoms with E-state index >= 15 is 0 Å². The average Bonchev–Trinajstić information content (AvgIpc) is 3.33. The van der Waals surface area contributed by atoms with Crippen molar-refractivity contribution in [3.63, 3.8) is 0 Å². The summed E-state index contributed by atoms with van der Waals surface area (Å²) in [6.07, 6.45) is 7.76. The maximum absolute atomic E-state index is 5.41. The van der Waals surface area contributed by atoms with E-state index in [-0.39, 0.29) is 0 Å². The normalized spacial score (nSPS) is 22.0. The van der Waals surface area contributed by atoms with Gasteiger partial charge in [0.25, 0.3) is 0 Å². The van der Waals surface area contributed by atoms with Gasteiger partial charge in [0.05, 0.1) is 7.11 Å². The maximum atomic E-state index is 5.41. The molecule has 5 heteroatoms. The molecule has 1 aromatic carbocycles. The van der Waals surface area contributed by atoms with Crippen molar-refractivity contribution in [2.75, 3.05) is 33.8 Å². The lowest BCUT2D eigenvalue weighted by Crippen LogP contribution is -2.45. The highest BCUT2D eigenvalue weighted by atomic mass is 16.5. The van der Waals surface area contributed by atoms with Gasteiger partial charge in [-0.25, -0.2) is 0 Å². The Morgan fingerprint density at radius 2 is 2.08 bits per heavy atom. The van der Waals surface area contributed by atoms with E-state index in [0.717, 1.165) is 37.3 Å². The van der Waals surface area contributed by atoms with E-state index in [1.807, 2.05) is 7.05 Å². The van der Waals surface area contributed by atoms with Crippen molar-refractivity contribution in [1.29, 1.82) is 0 Å². The quantitative estimate of drug-likeness (QED) is 0.606. The Bertz CT molecular complexity index is 610. The van der Waals surface area contributed by atoms with Gasteiger partial charge in [0, 0.05) is 38.8 Å². The number of benzene rings is 1. The largest absolute Gasteiger partial charge is 0.496 e. The van der Waals surface area contributed by atoms with E-state index in [0.29, 0.717) is 6.04 Å². The van der Waals surface area contributed by atoms with Crippen molar-refractivity contribution in [2.45, 2.75) is 57.5 Å². The third-order valence-electron chi connectivity index (χ3n) is 5.80. The van der Waals surface area contributed by atoms with E-state index in [9.17, 15) is 0 Å². The predicted octanol–water partition coefficient (Wildman–Crippen LogP) is 2.73. The third-order valence-corrected chi connectivity index (χ3v) is 5.80. The van der Waals surface area contributed by atoms with Crippen LogP contribution in [0, 0.1) is 6.92 Å². The number of likely N-dealkylation sites (tertiary alicyclic amines) is 1. The SMILES string of the molecule is CN=C(NCCc1ccc(C)c(OC)c1)NC1CCN(C2CCCC2)C1. The molecule has 0 bridgehead atoms. The van der Waals surface area contributed by atoms with Crippen molar-refractivity contribution in [2.24, 2.45) is 4.99 Å². The minimum absolute atomic E-state index is 0.515. The fourth-order valence-corrected chi connectivity index (χ4v) is 4.24. The Kier molecular flexibility index (Phi) is 6.78. The van der Waals surface area contributed by atoms with E-state index in [1.54, 1.807) is 7.11 Å². The molecule has 1 aromatic rings. The zero-order chi connectivity index (χ0) is 18.4. The molecule has 1 atom stereocenters. The summed E-state index contributed by atoms with van der Waals surface area (Å²) >= 11 is 0. The summed E-state index contributed by atoms with van der Waals surface area (Å²) in [5.74, 6) is 1.88. The molecular formula is C21H34N4O. The number of aliphatic imine (C=N–C) groups is 1. The van der Waals surface area contributed by atoms with Crippen LogP contribution in [0.1, 0.15) is 43.2 Å². The van der Waals surface area contributed by atoms with E-state index in [1.165, 1.54) is 49.8 Å². The zero-order valence-electron chi connectivity index (χ0n) is 16.6. The van der Waals surface area contributed by atoms with Crippen molar-refractivity contribution < 1.29 is 4.74 Å². The summed E-state index contributed by atoms with van der Waals surface area (Å²) in [6, 6.07) is 7.77. The lowest BCUT2D eigenvalue weighted by molar-refractivity contribution is 0.242. The Hall–Kier alpha value is -1.75. The van der Waals surface area contributed by atoms with E-state index in [4.69, 9.17) is 4.74 Å². The molecule has 1 aliphatic heterocycles. The standard InChI is InChI=1S/C21H34N4O/c1-16-8-9-17(14-20(16)26-3)10-12-23-21(22-2)24-18-11-13-25(15-18)19-6-4-5-7-19/h8-9,14,18-19H,4-7,10-13,15H2,1-3H3,(H2,22,23,24). The van der Waals surface area contributed by atoms with Gasteiger partial charge in [0.2, 0.25) is 0 Å². The van der Waals surface area contributed by atoms with E-state index < -0.39 is 0 Å². The number of ether oxygens (including phenoxy) is 1. The molecule has 3 rings (SSSR count). The molecule has 2 fully saturated rings. The van der Waals surface area contributed by atoms with Crippen molar-refractivity contribution in [1.82, 2.24) is 15.5 Å². The molecule has 2 N–H and O–H groups in total. The molecule has 1 aliphatic carbocycles. The highest BCUT2D eigenvalue weighted by Gasteiger charge is 2.30. The maximum Gasteiger partial charge on any atom is 0.191 e. The molecule has 1 saturated heterocycles. The highest BCUT2D eigenvalue weighted by molar-refractivity contribution is 5.80. The summed E-state index contributed by atoms with van der Waals surface area (Å²) in [5, 5.41) is 7.07. The van der Waals surface area contributed by atoms with Crippen LogP contribution < -0.4 is 15.4 Å². The summed E-state index contributed by atoms with van der Waals surface area (Å²) in [7, 11) is 3.58. The molecule has 0 spiro atoms. The second kappa shape index (κ2) is 9.26. The molecule has 2 aliphatic rings. The van der Waals surface area contributed by atoms with Gasteiger partial charge < -0.3 is 15.4 Å². The molecule has 144 valence electrons. The third kappa shape index (κ3) is 4.91. The van der Waals surface area contributed by atoms with Gasteiger partial charge in [-0.3, -0.25) is 9.89 Å². The van der Waals surface area contributed by atoms with Crippen molar-refractivity contribution >= 4 is 5.96 Å². The summed E-state index contributed by atoms with van der Waals surface area (Å²) in [4.78, 5) is 7.08. The minimum atomic E-state index is 0.515. The molecule has 1 saturated carbocycles. The van der Waals surface area contributed by atoms with Crippen LogP contribution in [0.4, 0.5) is 0 Å². The van der Waals surface area contributed by atoms with Gasteiger partial charge >= 0.3 is 0 Å². The first-order valence-electron chi connectivity index (χ1n) is 10.0. The monoisotopic (exact) mass is 358 g/mol. The fraction of sp³-hybridized carbons (Fsp3) is 0.667. The van der Waals surface area contributed by atoms with Crippen molar-refractivity contribution in [3.05, 3.63) is 29.3 Å². The van der Waals surface area contributed by atoms with Gasteiger partial charge in [0.1, 0.15) is 5.75 Å². The Morgan fingerprint density at radius 3 is 2.81 bits per heavy atom.